The molecule has 0 unspecified atom stereocenters. The van der Waals surface area contributed by atoms with Crippen molar-refractivity contribution in [1.29, 1.82) is 0 Å². The number of aryl methyl sites for hydroxylation is 2. The molecule has 0 atom stereocenters. The van der Waals surface area contributed by atoms with Crippen molar-refractivity contribution in [3.05, 3.63) is 35.9 Å². The third kappa shape index (κ3) is 1.13. The minimum absolute atomic E-state index is 0.863. The Balaban J connectivity index is 2.56. The molecule has 4 heteroatoms. The van der Waals surface area contributed by atoms with E-state index in [0.717, 1.165) is 34.6 Å². The van der Waals surface area contributed by atoms with Gasteiger partial charge < -0.3 is 0 Å². The second kappa shape index (κ2) is 3.27. The van der Waals surface area contributed by atoms with E-state index in [9.17, 15) is 0 Å². The molecule has 0 N–H and O–H groups in total. The molecule has 0 amide bonds. The first-order valence-electron chi connectivity index (χ1n) is 5.40. The van der Waals surface area contributed by atoms with E-state index in [0.29, 0.717) is 0 Å². The Hall–Kier alpha value is -1.97. The van der Waals surface area contributed by atoms with Gasteiger partial charge in [-0.05, 0) is 19.1 Å². The van der Waals surface area contributed by atoms with Crippen molar-refractivity contribution in [2.45, 2.75) is 20.3 Å². The summed E-state index contributed by atoms with van der Waals surface area (Å²) in [7, 11) is 0. The summed E-state index contributed by atoms with van der Waals surface area (Å²) >= 11 is 0. The first kappa shape index (κ1) is 9.27. The zero-order valence-corrected chi connectivity index (χ0v) is 9.31. The number of hydrogen-bond donors (Lipinski definition) is 0. The van der Waals surface area contributed by atoms with E-state index < -0.39 is 0 Å². The molecule has 0 bridgehead atoms. The normalized spacial score (nSPS) is 11.4. The number of fused-ring (bicyclic) bond motifs is 3. The topological polar surface area (TPSA) is 43.1 Å². The molecule has 16 heavy (non-hydrogen) atoms. The van der Waals surface area contributed by atoms with Crippen molar-refractivity contribution in [2.75, 3.05) is 0 Å². The molecule has 2 heterocycles. The van der Waals surface area contributed by atoms with Gasteiger partial charge in [0.25, 0.3) is 0 Å². The average molecular weight is 212 g/mol. The van der Waals surface area contributed by atoms with Crippen LogP contribution in [0.3, 0.4) is 0 Å². The first-order valence-corrected chi connectivity index (χ1v) is 5.40. The van der Waals surface area contributed by atoms with E-state index in [1.165, 1.54) is 0 Å². The van der Waals surface area contributed by atoms with Crippen LogP contribution in [0, 0.1) is 6.92 Å². The summed E-state index contributed by atoms with van der Waals surface area (Å²) in [5.74, 6) is 1.90. The van der Waals surface area contributed by atoms with Crippen molar-refractivity contribution in [3.8, 4) is 0 Å². The number of benzene rings is 1. The highest BCUT2D eigenvalue weighted by Gasteiger charge is 2.10. The monoisotopic (exact) mass is 212 g/mol. The number of para-hydroxylation sites is 1. The van der Waals surface area contributed by atoms with E-state index in [1.54, 1.807) is 0 Å². The summed E-state index contributed by atoms with van der Waals surface area (Å²) < 4.78 is 2.03. The van der Waals surface area contributed by atoms with Crippen molar-refractivity contribution >= 4 is 16.6 Å². The predicted molar refractivity (Wildman–Crippen MR) is 62.4 cm³/mol. The SMILES string of the molecule is CCc1nnc2c3ccccc3nc(C)n12. The maximum Gasteiger partial charge on any atom is 0.171 e. The van der Waals surface area contributed by atoms with Gasteiger partial charge in [-0.15, -0.1) is 10.2 Å². The molecule has 0 aliphatic rings. The standard InChI is InChI=1S/C12H12N4/c1-3-11-14-15-12-9-6-4-5-7-10(9)13-8(2)16(11)12/h4-7H,3H2,1-2H3. The van der Waals surface area contributed by atoms with Crippen LogP contribution >= 0.6 is 0 Å². The molecule has 4 nitrogen and oxygen atoms in total. The molecule has 0 aliphatic carbocycles. The van der Waals surface area contributed by atoms with Gasteiger partial charge in [-0.1, -0.05) is 19.1 Å². The van der Waals surface area contributed by atoms with Gasteiger partial charge in [-0.25, -0.2) is 4.98 Å². The zero-order chi connectivity index (χ0) is 11.1. The Bertz CT molecular complexity index is 669. The van der Waals surface area contributed by atoms with E-state index >= 15 is 0 Å². The minimum Gasteiger partial charge on any atom is -0.266 e. The molecule has 1 aromatic carbocycles. The van der Waals surface area contributed by atoms with Crippen LogP contribution in [0.2, 0.25) is 0 Å². The van der Waals surface area contributed by atoms with E-state index in [-0.39, 0.29) is 0 Å². The second-order valence-electron chi connectivity index (χ2n) is 3.80. The number of rotatable bonds is 1. The predicted octanol–water partition coefficient (Wildman–Crippen LogP) is 2.15. The Morgan fingerprint density at radius 1 is 1.19 bits per heavy atom. The molecular formula is C12H12N4. The number of hydrogen-bond acceptors (Lipinski definition) is 3. The number of nitrogens with zero attached hydrogens (tertiary/aromatic N) is 4. The lowest BCUT2D eigenvalue weighted by Gasteiger charge is -2.04. The Morgan fingerprint density at radius 3 is 2.81 bits per heavy atom. The first-order chi connectivity index (χ1) is 7.81. The molecule has 80 valence electrons. The summed E-state index contributed by atoms with van der Waals surface area (Å²) in [6.45, 7) is 4.06. The Labute approximate surface area is 93.0 Å². The maximum absolute atomic E-state index is 4.57. The van der Waals surface area contributed by atoms with E-state index in [2.05, 4.69) is 22.1 Å². The van der Waals surface area contributed by atoms with Crippen LogP contribution in [-0.2, 0) is 6.42 Å². The summed E-state index contributed by atoms with van der Waals surface area (Å²) in [6.07, 6.45) is 0.863. The molecular weight excluding hydrogens is 200 g/mol. The smallest absolute Gasteiger partial charge is 0.171 e. The van der Waals surface area contributed by atoms with Gasteiger partial charge in [0.1, 0.15) is 11.6 Å². The summed E-state index contributed by atoms with van der Waals surface area (Å²) in [5.41, 5.74) is 1.88. The van der Waals surface area contributed by atoms with Gasteiger partial charge in [-0.3, -0.25) is 4.40 Å². The summed E-state index contributed by atoms with van der Waals surface area (Å²) in [5, 5.41) is 9.50. The van der Waals surface area contributed by atoms with Crippen molar-refractivity contribution in [1.82, 2.24) is 19.6 Å². The van der Waals surface area contributed by atoms with E-state index in [1.807, 2.05) is 35.6 Å². The van der Waals surface area contributed by atoms with Gasteiger partial charge in [0, 0.05) is 11.8 Å². The summed E-state index contributed by atoms with van der Waals surface area (Å²) in [4.78, 5) is 4.57. The van der Waals surface area contributed by atoms with Crippen molar-refractivity contribution < 1.29 is 0 Å². The third-order valence-electron chi connectivity index (χ3n) is 2.80. The van der Waals surface area contributed by atoms with Gasteiger partial charge in [0.2, 0.25) is 0 Å². The van der Waals surface area contributed by atoms with Crippen LogP contribution in [0.15, 0.2) is 24.3 Å². The molecule has 3 aromatic rings. The average Bonchev–Trinajstić information content (AvgIpc) is 2.74. The molecule has 3 rings (SSSR count). The third-order valence-corrected chi connectivity index (χ3v) is 2.80. The Kier molecular flexibility index (Phi) is 1.89. The lowest BCUT2D eigenvalue weighted by atomic mass is 10.2. The number of aromatic nitrogens is 4. The fourth-order valence-electron chi connectivity index (χ4n) is 2.04. The van der Waals surface area contributed by atoms with Gasteiger partial charge in [-0.2, -0.15) is 0 Å². The molecule has 0 fully saturated rings. The summed E-state index contributed by atoms with van der Waals surface area (Å²) in [6, 6.07) is 8.02. The van der Waals surface area contributed by atoms with Gasteiger partial charge in [0.05, 0.1) is 5.52 Å². The quantitative estimate of drug-likeness (QED) is 0.620. The molecule has 0 spiro atoms. The fraction of sp³-hybridized carbons (Fsp3) is 0.250. The van der Waals surface area contributed by atoms with Crippen molar-refractivity contribution in [3.63, 3.8) is 0 Å². The van der Waals surface area contributed by atoms with Gasteiger partial charge >= 0.3 is 0 Å². The van der Waals surface area contributed by atoms with Crippen LogP contribution in [-0.4, -0.2) is 19.6 Å². The second-order valence-corrected chi connectivity index (χ2v) is 3.80. The lowest BCUT2D eigenvalue weighted by molar-refractivity contribution is 0.873. The molecule has 0 saturated heterocycles. The Morgan fingerprint density at radius 2 is 2.00 bits per heavy atom. The van der Waals surface area contributed by atoms with Gasteiger partial charge in [0.15, 0.2) is 5.65 Å². The zero-order valence-electron chi connectivity index (χ0n) is 9.31. The van der Waals surface area contributed by atoms with Crippen LogP contribution < -0.4 is 0 Å². The van der Waals surface area contributed by atoms with E-state index in [4.69, 9.17) is 0 Å². The minimum atomic E-state index is 0.863. The van der Waals surface area contributed by atoms with Crippen LogP contribution in [0.1, 0.15) is 18.6 Å². The molecule has 0 radical (unpaired) electrons. The highest BCUT2D eigenvalue weighted by Crippen LogP contribution is 2.18. The maximum atomic E-state index is 4.57. The van der Waals surface area contributed by atoms with Crippen LogP contribution in [0.25, 0.3) is 16.6 Å². The molecule has 0 aliphatic heterocycles. The lowest BCUT2D eigenvalue weighted by Crippen LogP contribution is -2.00. The largest absolute Gasteiger partial charge is 0.266 e. The molecule has 0 saturated carbocycles. The van der Waals surface area contributed by atoms with Crippen LogP contribution in [0.5, 0.6) is 0 Å². The van der Waals surface area contributed by atoms with Crippen LogP contribution in [0.4, 0.5) is 0 Å². The fourth-order valence-corrected chi connectivity index (χ4v) is 2.04. The molecule has 2 aromatic heterocycles. The highest BCUT2D eigenvalue weighted by atomic mass is 15.3. The van der Waals surface area contributed by atoms with Crippen molar-refractivity contribution in [2.24, 2.45) is 0 Å². The highest BCUT2D eigenvalue weighted by molar-refractivity contribution is 5.91.